The topological polar surface area (TPSA) is 49.0 Å². The van der Waals surface area contributed by atoms with Crippen molar-refractivity contribution in [2.24, 2.45) is 0 Å². The summed E-state index contributed by atoms with van der Waals surface area (Å²) >= 11 is 5.52. The first-order valence-corrected chi connectivity index (χ1v) is 11.9. The van der Waals surface area contributed by atoms with Gasteiger partial charge in [0.1, 0.15) is 0 Å². The van der Waals surface area contributed by atoms with Crippen LogP contribution in [0, 0.1) is 0 Å². The summed E-state index contributed by atoms with van der Waals surface area (Å²) in [4.78, 5) is 4.74. The summed E-state index contributed by atoms with van der Waals surface area (Å²) in [6.45, 7) is 12.1. The van der Waals surface area contributed by atoms with Crippen LogP contribution >= 0.6 is 12.2 Å². The van der Waals surface area contributed by atoms with E-state index in [-0.39, 0.29) is 24.4 Å². The van der Waals surface area contributed by atoms with Gasteiger partial charge in [0.05, 0.1) is 24.4 Å². The Hall–Kier alpha value is -2.35. The highest BCUT2D eigenvalue weighted by atomic mass is 32.1. The van der Waals surface area contributed by atoms with Crippen LogP contribution in [0.1, 0.15) is 27.7 Å². The third-order valence-electron chi connectivity index (χ3n) is 5.82. The van der Waals surface area contributed by atoms with Crippen LogP contribution < -0.4 is 20.4 Å². The number of hydrogen-bond acceptors (Lipinski definition) is 5. The van der Waals surface area contributed by atoms with Crippen molar-refractivity contribution in [2.75, 3.05) is 46.6 Å². The number of rotatable bonds is 4. The second-order valence-corrected chi connectivity index (χ2v) is 9.41. The van der Waals surface area contributed by atoms with Gasteiger partial charge in [-0.2, -0.15) is 0 Å². The van der Waals surface area contributed by atoms with Crippen molar-refractivity contribution >= 4 is 40.1 Å². The third-order valence-corrected chi connectivity index (χ3v) is 6.02. The maximum Gasteiger partial charge on any atom is 0.175 e. The molecule has 0 unspecified atom stereocenters. The van der Waals surface area contributed by atoms with Crippen molar-refractivity contribution < 1.29 is 9.47 Å². The fourth-order valence-corrected chi connectivity index (χ4v) is 4.82. The monoisotopic (exact) mass is 454 g/mol. The van der Waals surface area contributed by atoms with Crippen molar-refractivity contribution in [1.82, 2.24) is 0 Å². The molecule has 4 rings (SSSR count). The second kappa shape index (κ2) is 10.1. The van der Waals surface area contributed by atoms with E-state index in [2.05, 4.69) is 96.7 Å². The predicted octanol–water partition coefficient (Wildman–Crippen LogP) is 4.72. The maximum absolute atomic E-state index is 5.83. The molecule has 0 amide bonds. The molecule has 4 atom stereocenters. The molecule has 0 saturated carbocycles. The zero-order valence-electron chi connectivity index (χ0n) is 19.4. The first-order valence-electron chi connectivity index (χ1n) is 11.4. The van der Waals surface area contributed by atoms with Gasteiger partial charge in [-0.15, -0.1) is 0 Å². The summed E-state index contributed by atoms with van der Waals surface area (Å²) in [6, 6.07) is 16.8. The van der Waals surface area contributed by atoms with Gasteiger partial charge in [0, 0.05) is 48.9 Å². The van der Waals surface area contributed by atoms with E-state index in [0.29, 0.717) is 5.11 Å². The maximum atomic E-state index is 5.83. The van der Waals surface area contributed by atoms with Gasteiger partial charge in [0.25, 0.3) is 0 Å². The Morgan fingerprint density at radius 3 is 1.28 bits per heavy atom. The lowest BCUT2D eigenvalue weighted by atomic mass is 10.2. The van der Waals surface area contributed by atoms with Gasteiger partial charge >= 0.3 is 0 Å². The minimum Gasteiger partial charge on any atom is -0.372 e. The van der Waals surface area contributed by atoms with E-state index in [4.69, 9.17) is 21.7 Å². The average molecular weight is 455 g/mol. The van der Waals surface area contributed by atoms with Crippen molar-refractivity contribution in [3.8, 4) is 0 Å². The normalized spacial score (nSPS) is 26.0. The molecule has 2 saturated heterocycles. The third kappa shape index (κ3) is 5.91. The van der Waals surface area contributed by atoms with Crippen molar-refractivity contribution in [1.29, 1.82) is 0 Å². The Labute approximate surface area is 196 Å². The van der Waals surface area contributed by atoms with Crippen molar-refractivity contribution in [3.63, 3.8) is 0 Å². The molecule has 2 N–H and O–H groups in total. The SMILES string of the molecule is C[C@@H]1CN(c2ccc(NC(=S)Nc3ccc(N4C[C@@H](C)O[C@@H](C)C4)cc3)cc2)C[C@H](C)O1. The summed E-state index contributed by atoms with van der Waals surface area (Å²) in [6.07, 6.45) is 0.981. The molecule has 2 heterocycles. The molecule has 32 heavy (non-hydrogen) atoms. The largest absolute Gasteiger partial charge is 0.372 e. The number of morpholine rings is 2. The first-order chi connectivity index (χ1) is 15.4. The molecule has 2 aromatic carbocycles. The molecule has 0 radical (unpaired) electrons. The molecule has 7 heteroatoms. The minimum atomic E-state index is 0.245. The van der Waals surface area contributed by atoms with E-state index in [0.717, 1.165) is 37.6 Å². The molecule has 0 aromatic heterocycles. The molecular formula is C25H34N4O2S. The zero-order valence-corrected chi connectivity index (χ0v) is 20.2. The van der Waals surface area contributed by atoms with Crippen LogP contribution in [0.3, 0.4) is 0 Å². The minimum absolute atomic E-state index is 0.245. The number of benzene rings is 2. The van der Waals surface area contributed by atoms with Crippen LogP contribution in [0.5, 0.6) is 0 Å². The number of anilines is 4. The smallest absolute Gasteiger partial charge is 0.175 e. The Morgan fingerprint density at radius 2 is 0.969 bits per heavy atom. The van der Waals surface area contributed by atoms with Gasteiger partial charge < -0.3 is 29.9 Å². The first kappa shape index (κ1) is 22.8. The van der Waals surface area contributed by atoms with Crippen LogP contribution in [0.25, 0.3) is 0 Å². The number of hydrogen-bond donors (Lipinski definition) is 2. The highest BCUT2D eigenvalue weighted by Gasteiger charge is 2.23. The van der Waals surface area contributed by atoms with E-state index in [1.54, 1.807) is 0 Å². The highest BCUT2D eigenvalue weighted by molar-refractivity contribution is 7.80. The Bertz CT molecular complexity index is 812. The Morgan fingerprint density at radius 1 is 0.656 bits per heavy atom. The lowest BCUT2D eigenvalue weighted by molar-refractivity contribution is -0.00548. The van der Waals surface area contributed by atoms with E-state index >= 15 is 0 Å². The number of ether oxygens (including phenoxy) is 2. The lowest BCUT2D eigenvalue weighted by Gasteiger charge is -2.37. The number of thiocarbonyl (C=S) groups is 1. The summed E-state index contributed by atoms with van der Waals surface area (Å²) < 4.78 is 11.7. The van der Waals surface area contributed by atoms with Gasteiger partial charge in [-0.3, -0.25) is 0 Å². The molecule has 6 nitrogen and oxygen atoms in total. The zero-order chi connectivity index (χ0) is 22.7. The second-order valence-electron chi connectivity index (χ2n) is 9.00. The fraction of sp³-hybridized carbons (Fsp3) is 0.480. The van der Waals surface area contributed by atoms with Crippen LogP contribution in [-0.4, -0.2) is 55.7 Å². The van der Waals surface area contributed by atoms with Gasteiger partial charge in [-0.1, -0.05) is 0 Å². The molecule has 0 aliphatic carbocycles. The molecule has 2 aliphatic rings. The molecule has 172 valence electrons. The molecule has 2 aromatic rings. The predicted molar refractivity (Wildman–Crippen MR) is 137 cm³/mol. The Kier molecular flexibility index (Phi) is 7.18. The fourth-order valence-electron chi connectivity index (χ4n) is 4.58. The summed E-state index contributed by atoms with van der Waals surface area (Å²) in [5, 5.41) is 7.13. The van der Waals surface area contributed by atoms with E-state index in [9.17, 15) is 0 Å². The molecule has 2 fully saturated rings. The van der Waals surface area contributed by atoms with Gasteiger partial charge in [-0.05, 0) is 88.4 Å². The van der Waals surface area contributed by atoms with Crippen molar-refractivity contribution in [2.45, 2.75) is 52.1 Å². The summed E-state index contributed by atoms with van der Waals surface area (Å²) in [5.74, 6) is 0. The van der Waals surface area contributed by atoms with Gasteiger partial charge in [0.2, 0.25) is 0 Å². The van der Waals surface area contributed by atoms with Crippen LogP contribution in [-0.2, 0) is 9.47 Å². The quantitative estimate of drug-likeness (QED) is 0.648. The van der Waals surface area contributed by atoms with Gasteiger partial charge in [0.15, 0.2) is 5.11 Å². The molecule has 0 bridgehead atoms. The van der Waals surface area contributed by atoms with E-state index in [1.807, 2.05) is 0 Å². The summed E-state index contributed by atoms with van der Waals surface area (Å²) in [7, 11) is 0. The van der Waals surface area contributed by atoms with Crippen molar-refractivity contribution in [3.05, 3.63) is 48.5 Å². The molecule has 2 aliphatic heterocycles. The van der Waals surface area contributed by atoms with Gasteiger partial charge in [-0.25, -0.2) is 0 Å². The highest BCUT2D eigenvalue weighted by Crippen LogP contribution is 2.24. The average Bonchev–Trinajstić information content (AvgIpc) is 2.73. The Balaban J connectivity index is 1.31. The van der Waals surface area contributed by atoms with Crippen LogP contribution in [0.4, 0.5) is 22.7 Å². The van der Waals surface area contributed by atoms with Crippen LogP contribution in [0.15, 0.2) is 48.5 Å². The number of nitrogens with one attached hydrogen (secondary N) is 2. The van der Waals surface area contributed by atoms with Crippen LogP contribution in [0.2, 0.25) is 0 Å². The van der Waals surface area contributed by atoms with E-state index < -0.39 is 0 Å². The lowest BCUT2D eigenvalue weighted by Crippen LogP contribution is -2.45. The summed E-state index contributed by atoms with van der Waals surface area (Å²) in [5.41, 5.74) is 4.35. The molecule has 0 spiro atoms. The number of nitrogens with zero attached hydrogens (tertiary/aromatic N) is 2. The van der Waals surface area contributed by atoms with E-state index in [1.165, 1.54) is 11.4 Å². The standard InChI is InChI=1S/C25H34N4O2S/c1-17-13-28(14-18(2)30-17)23-9-5-21(6-10-23)26-25(32)27-22-7-11-24(12-8-22)29-15-19(3)31-20(4)16-29/h5-12,17-20H,13-16H2,1-4H3,(H2,26,27,32)/t17-,18+,19-,20+. The molecular weight excluding hydrogens is 420 g/mol.